The van der Waals surface area contributed by atoms with E-state index in [0.717, 1.165) is 61.0 Å². The summed E-state index contributed by atoms with van der Waals surface area (Å²) < 4.78 is 4.79. The minimum absolute atomic E-state index is 0.889. The van der Waals surface area contributed by atoms with Crippen molar-refractivity contribution in [2.45, 2.75) is 52.6 Å². The molecule has 0 unspecified atom stereocenters. The van der Waals surface area contributed by atoms with Gasteiger partial charge < -0.3 is 9.13 Å². The topological polar surface area (TPSA) is 9.86 Å². The predicted molar refractivity (Wildman–Crippen MR) is 178 cm³/mol. The van der Waals surface area contributed by atoms with Crippen molar-refractivity contribution in [1.82, 2.24) is 9.13 Å². The van der Waals surface area contributed by atoms with Crippen LogP contribution in [0.4, 0.5) is 0 Å². The monoisotopic (exact) mass is 540 g/mol. The van der Waals surface area contributed by atoms with Gasteiger partial charge in [0.1, 0.15) is 0 Å². The Morgan fingerprint density at radius 1 is 0.500 bits per heavy atom. The highest BCUT2D eigenvalue weighted by molar-refractivity contribution is 6.10. The van der Waals surface area contributed by atoms with E-state index in [2.05, 4.69) is 119 Å². The molecule has 0 bridgehead atoms. The fraction of sp³-hybridized carbons (Fsp3) is 0.200. The molecule has 2 nitrogen and oxygen atoms in total. The molecule has 0 fully saturated rings. The van der Waals surface area contributed by atoms with Gasteiger partial charge in [-0.25, -0.2) is 0 Å². The highest BCUT2D eigenvalue weighted by Gasteiger charge is 2.12. The third kappa shape index (κ3) is 4.90. The molecular weight excluding hydrogens is 508 g/mol. The Labute approximate surface area is 248 Å². The van der Waals surface area contributed by atoms with Gasteiger partial charge >= 0.3 is 0 Å². The maximum atomic E-state index is 5.72. The summed E-state index contributed by atoms with van der Waals surface area (Å²) in [5, 5.41) is 4.69. The highest BCUT2D eigenvalue weighted by Crippen LogP contribution is 2.32. The minimum Gasteiger partial charge on any atom is -0.340 e. The summed E-state index contributed by atoms with van der Waals surface area (Å²) in [5.74, 6) is 18.2. The first-order valence-corrected chi connectivity index (χ1v) is 14.7. The smallest absolute Gasteiger partial charge is 0.0492 e. The molecule has 0 radical (unpaired) electrons. The second kappa shape index (κ2) is 11.7. The van der Waals surface area contributed by atoms with Crippen molar-refractivity contribution < 1.29 is 0 Å². The summed E-state index contributed by atoms with van der Waals surface area (Å²) in [4.78, 5) is 0. The molecule has 0 aliphatic rings. The first-order chi connectivity index (χ1) is 20.6. The summed E-state index contributed by atoms with van der Waals surface area (Å²) in [5.41, 5.74) is 8.50. The summed E-state index contributed by atoms with van der Waals surface area (Å²) >= 11 is 0. The first-order valence-electron chi connectivity index (χ1n) is 14.7. The van der Waals surface area contributed by atoms with E-state index >= 15 is 0 Å². The standard InChI is InChI=1S/C40H32N2/c1-5-9-23-41-37-19-15-29(7-3)25-33(37)35-27-31(17-21-39(35)41)13-11-12-14-32-18-22-40-36(28-32)34-26-30(8-4)16-20-38(34)42(40)24-10-6-2/h3-4,15-22,25-28H,5-6,9-10,23-24H2,1-2H3. The van der Waals surface area contributed by atoms with E-state index in [-0.39, 0.29) is 0 Å². The summed E-state index contributed by atoms with van der Waals surface area (Å²) in [6.45, 7) is 6.40. The van der Waals surface area contributed by atoms with Crippen molar-refractivity contribution in [3.05, 3.63) is 95.1 Å². The molecule has 42 heavy (non-hydrogen) atoms. The van der Waals surface area contributed by atoms with Crippen LogP contribution in [0.1, 0.15) is 61.8 Å². The molecule has 6 aromatic rings. The zero-order chi connectivity index (χ0) is 29.1. The van der Waals surface area contributed by atoms with Crippen LogP contribution >= 0.6 is 0 Å². The fourth-order valence-corrected chi connectivity index (χ4v) is 5.86. The zero-order valence-corrected chi connectivity index (χ0v) is 24.2. The van der Waals surface area contributed by atoms with Gasteiger partial charge in [-0.3, -0.25) is 0 Å². The Morgan fingerprint density at radius 3 is 1.17 bits per heavy atom. The molecule has 0 atom stereocenters. The number of aryl methyl sites for hydroxylation is 2. The van der Waals surface area contributed by atoms with Crippen LogP contribution in [0.3, 0.4) is 0 Å². The average molecular weight is 541 g/mol. The normalized spacial score (nSPS) is 10.8. The fourth-order valence-electron chi connectivity index (χ4n) is 5.86. The van der Waals surface area contributed by atoms with Crippen LogP contribution < -0.4 is 0 Å². The molecule has 4 aromatic carbocycles. The van der Waals surface area contributed by atoms with Gasteiger partial charge in [-0.15, -0.1) is 12.8 Å². The van der Waals surface area contributed by atoms with E-state index < -0.39 is 0 Å². The van der Waals surface area contributed by atoms with Crippen molar-refractivity contribution in [1.29, 1.82) is 0 Å². The Bertz CT molecular complexity index is 2040. The van der Waals surface area contributed by atoms with Crippen molar-refractivity contribution in [3.8, 4) is 48.4 Å². The Hall–Kier alpha value is -5.28. The SMILES string of the molecule is C#Cc1ccc2c(c1)c1cc(C#CC#Cc3ccc4c(c3)c3cc(C#C)ccc3n4CCCC)ccc1n2CCCC. The molecular formula is C40H32N2. The summed E-state index contributed by atoms with van der Waals surface area (Å²) in [7, 11) is 0. The Morgan fingerprint density at radius 2 is 0.833 bits per heavy atom. The molecule has 0 aliphatic heterocycles. The van der Waals surface area contributed by atoms with E-state index in [1.807, 2.05) is 12.1 Å². The lowest BCUT2D eigenvalue weighted by atomic mass is 10.1. The molecule has 0 saturated carbocycles. The second-order valence-electron chi connectivity index (χ2n) is 10.7. The van der Waals surface area contributed by atoms with Gasteiger partial charge in [-0.2, -0.15) is 0 Å². The third-order valence-electron chi connectivity index (χ3n) is 8.01. The molecule has 2 heterocycles. The highest BCUT2D eigenvalue weighted by atomic mass is 15.0. The number of hydrogen-bond acceptors (Lipinski definition) is 0. The number of hydrogen-bond donors (Lipinski definition) is 0. The molecule has 0 amide bonds. The van der Waals surface area contributed by atoms with Crippen LogP contribution in [0.5, 0.6) is 0 Å². The van der Waals surface area contributed by atoms with Gasteiger partial charge in [-0.05, 0) is 97.5 Å². The number of fused-ring (bicyclic) bond motifs is 6. The predicted octanol–water partition coefficient (Wildman–Crippen LogP) is 8.87. The maximum absolute atomic E-state index is 5.72. The molecule has 0 N–H and O–H groups in total. The average Bonchev–Trinajstić information content (AvgIpc) is 3.51. The minimum atomic E-state index is 0.889. The van der Waals surface area contributed by atoms with Crippen molar-refractivity contribution in [3.63, 3.8) is 0 Å². The van der Waals surface area contributed by atoms with Crippen LogP contribution in [0.2, 0.25) is 0 Å². The van der Waals surface area contributed by atoms with Crippen molar-refractivity contribution in [2.24, 2.45) is 0 Å². The van der Waals surface area contributed by atoms with Crippen LogP contribution in [-0.4, -0.2) is 9.13 Å². The Kier molecular flexibility index (Phi) is 7.49. The molecule has 0 saturated heterocycles. The van der Waals surface area contributed by atoms with Gasteiger partial charge in [0.15, 0.2) is 0 Å². The largest absolute Gasteiger partial charge is 0.340 e. The van der Waals surface area contributed by atoms with Crippen LogP contribution in [-0.2, 0) is 13.1 Å². The molecule has 202 valence electrons. The lowest BCUT2D eigenvalue weighted by Crippen LogP contribution is -1.97. The quantitative estimate of drug-likeness (QED) is 0.187. The third-order valence-corrected chi connectivity index (χ3v) is 8.01. The molecule has 6 rings (SSSR count). The van der Waals surface area contributed by atoms with Crippen LogP contribution in [0.15, 0.2) is 72.8 Å². The zero-order valence-electron chi connectivity index (χ0n) is 24.2. The van der Waals surface area contributed by atoms with E-state index in [9.17, 15) is 0 Å². The Balaban J connectivity index is 1.36. The lowest BCUT2D eigenvalue weighted by Gasteiger charge is -2.06. The number of nitrogens with zero attached hydrogens (tertiary/aromatic N) is 2. The van der Waals surface area contributed by atoms with Gasteiger partial charge in [0.05, 0.1) is 0 Å². The number of unbranched alkanes of at least 4 members (excludes halogenated alkanes) is 2. The summed E-state index contributed by atoms with van der Waals surface area (Å²) in [6, 6.07) is 25.4. The van der Waals surface area contributed by atoms with Crippen molar-refractivity contribution >= 4 is 43.6 Å². The number of aromatic nitrogens is 2. The van der Waals surface area contributed by atoms with E-state index in [1.165, 1.54) is 43.6 Å². The number of benzene rings is 4. The maximum Gasteiger partial charge on any atom is 0.0492 e. The summed E-state index contributed by atoms with van der Waals surface area (Å²) in [6.07, 6.45) is 16.0. The molecule has 2 heteroatoms. The lowest BCUT2D eigenvalue weighted by molar-refractivity contribution is 0.665. The van der Waals surface area contributed by atoms with Gasteiger partial charge in [-0.1, -0.05) is 50.4 Å². The van der Waals surface area contributed by atoms with Gasteiger partial charge in [0.25, 0.3) is 0 Å². The molecule has 0 aliphatic carbocycles. The van der Waals surface area contributed by atoms with E-state index in [0.29, 0.717) is 0 Å². The number of terminal acetylenes is 2. The van der Waals surface area contributed by atoms with Gasteiger partial charge in [0.2, 0.25) is 0 Å². The van der Waals surface area contributed by atoms with E-state index in [1.54, 1.807) is 0 Å². The van der Waals surface area contributed by atoms with E-state index in [4.69, 9.17) is 12.8 Å². The molecule has 2 aromatic heterocycles. The van der Waals surface area contributed by atoms with Crippen LogP contribution in [0, 0.1) is 48.4 Å². The van der Waals surface area contributed by atoms with Crippen LogP contribution in [0.25, 0.3) is 43.6 Å². The van der Waals surface area contributed by atoms with Crippen molar-refractivity contribution in [2.75, 3.05) is 0 Å². The van der Waals surface area contributed by atoms with Gasteiger partial charge in [0, 0.05) is 79.0 Å². The first kappa shape index (κ1) is 26.9. The second-order valence-corrected chi connectivity index (χ2v) is 10.7. The molecule has 0 spiro atoms. The number of rotatable bonds is 6.